The van der Waals surface area contributed by atoms with Crippen molar-refractivity contribution in [3.63, 3.8) is 0 Å². The molecule has 0 aromatic heterocycles. The SMILES string of the molecule is Cc1ccccc1C(=O)CC(C)c1ccccc1. The molecule has 2 rings (SSSR count). The van der Waals surface area contributed by atoms with E-state index in [1.807, 2.05) is 49.4 Å². The molecule has 1 nitrogen and oxygen atoms in total. The Hall–Kier alpha value is -1.89. The molecule has 0 aliphatic rings. The van der Waals surface area contributed by atoms with E-state index in [0.29, 0.717) is 6.42 Å². The van der Waals surface area contributed by atoms with Crippen LogP contribution >= 0.6 is 0 Å². The van der Waals surface area contributed by atoms with E-state index in [1.165, 1.54) is 5.56 Å². The second-order valence-electron chi connectivity index (χ2n) is 4.75. The van der Waals surface area contributed by atoms with Crippen molar-refractivity contribution in [1.82, 2.24) is 0 Å². The Bertz CT molecular complexity index is 528. The van der Waals surface area contributed by atoms with Gasteiger partial charge in [-0.05, 0) is 24.0 Å². The Morgan fingerprint density at radius 2 is 1.61 bits per heavy atom. The van der Waals surface area contributed by atoms with E-state index in [-0.39, 0.29) is 11.7 Å². The fourth-order valence-electron chi connectivity index (χ4n) is 2.17. The topological polar surface area (TPSA) is 17.1 Å². The predicted molar refractivity (Wildman–Crippen MR) is 75.0 cm³/mol. The van der Waals surface area contributed by atoms with Crippen molar-refractivity contribution < 1.29 is 4.79 Å². The molecule has 0 amide bonds. The highest BCUT2D eigenvalue weighted by molar-refractivity contribution is 5.97. The van der Waals surface area contributed by atoms with Gasteiger partial charge in [0.25, 0.3) is 0 Å². The Kier molecular flexibility index (Phi) is 3.93. The van der Waals surface area contributed by atoms with Crippen LogP contribution in [0.2, 0.25) is 0 Å². The molecule has 18 heavy (non-hydrogen) atoms. The van der Waals surface area contributed by atoms with Crippen LogP contribution in [0, 0.1) is 6.92 Å². The molecule has 0 saturated carbocycles. The number of Topliss-reactive ketones (excluding diaryl/α,β-unsaturated/α-hetero) is 1. The van der Waals surface area contributed by atoms with Gasteiger partial charge in [-0.1, -0.05) is 61.5 Å². The van der Waals surface area contributed by atoms with Crippen molar-refractivity contribution in [2.45, 2.75) is 26.2 Å². The molecule has 0 bridgehead atoms. The van der Waals surface area contributed by atoms with Gasteiger partial charge in [-0.3, -0.25) is 4.79 Å². The number of hydrogen-bond donors (Lipinski definition) is 0. The summed E-state index contributed by atoms with van der Waals surface area (Å²) >= 11 is 0. The predicted octanol–water partition coefficient (Wildman–Crippen LogP) is 4.37. The van der Waals surface area contributed by atoms with Crippen LogP contribution in [0.15, 0.2) is 54.6 Å². The van der Waals surface area contributed by atoms with Crippen LogP contribution in [0.1, 0.15) is 40.7 Å². The number of carbonyl (C=O) groups is 1. The first-order valence-corrected chi connectivity index (χ1v) is 6.32. The molecule has 92 valence electrons. The van der Waals surface area contributed by atoms with Crippen molar-refractivity contribution in [2.75, 3.05) is 0 Å². The highest BCUT2D eigenvalue weighted by Gasteiger charge is 2.13. The van der Waals surface area contributed by atoms with Crippen molar-refractivity contribution in [1.29, 1.82) is 0 Å². The Morgan fingerprint density at radius 3 is 2.28 bits per heavy atom. The average molecular weight is 238 g/mol. The summed E-state index contributed by atoms with van der Waals surface area (Å²) in [6.45, 7) is 4.09. The number of carbonyl (C=O) groups excluding carboxylic acids is 1. The Balaban J connectivity index is 2.11. The molecule has 2 aromatic carbocycles. The van der Waals surface area contributed by atoms with Crippen LogP contribution in [0.25, 0.3) is 0 Å². The van der Waals surface area contributed by atoms with E-state index in [0.717, 1.165) is 11.1 Å². The minimum atomic E-state index is 0.226. The minimum absolute atomic E-state index is 0.226. The van der Waals surface area contributed by atoms with Gasteiger partial charge < -0.3 is 0 Å². The Morgan fingerprint density at radius 1 is 1.00 bits per heavy atom. The zero-order valence-corrected chi connectivity index (χ0v) is 10.9. The zero-order valence-electron chi connectivity index (χ0n) is 10.9. The maximum atomic E-state index is 12.2. The summed E-state index contributed by atoms with van der Waals surface area (Å²) in [5.74, 6) is 0.489. The van der Waals surface area contributed by atoms with Gasteiger partial charge in [0.05, 0.1) is 0 Å². The molecule has 1 unspecified atom stereocenters. The van der Waals surface area contributed by atoms with Crippen molar-refractivity contribution in [3.05, 3.63) is 71.3 Å². The van der Waals surface area contributed by atoms with E-state index >= 15 is 0 Å². The van der Waals surface area contributed by atoms with E-state index in [9.17, 15) is 4.79 Å². The fraction of sp³-hybridized carbons (Fsp3) is 0.235. The number of hydrogen-bond acceptors (Lipinski definition) is 1. The molecule has 0 aliphatic heterocycles. The van der Waals surface area contributed by atoms with Crippen molar-refractivity contribution in [2.24, 2.45) is 0 Å². The largest absolute Gasteiger partial charge is 0.294 e. The number of aryl methyl sites for hydroxylation is 1. The maximum absolute atomic E-state index is 12.2. The summed E-state index contributed by atoms with van der Waals surface area (Å²) in [4.78, 5) is 12.2. The molecule has 0 radical (unpaired) electrons. The molecule has 0 fully saturated rings. The number of benzene rings is 2. The van der Waals surface area contributed by atoms with Gasteiger partial charge in [0.1, 0.15) is 0 Å². The van der Waals surface area contributed by atoms with Gasteiger partial charge in [0.2, 0.25) is 0 Å². The molecular weight excluding hydrogens is 220 g/mol. The summed E-state index contributed by atoms with van der Waals surface area (Å²) < 4.78 is 0. The second kappa shape index (κ2) is 5.63. The lowest BCUT2D eigenvalue weighted by atomic mass is 9.92. The van der Waals surface area contributed by atoms with Gasteiger partial charge in [0.15, 0.2) is 5.78 Å². The first-order chi connectivity index (χ1) is 8.68. The van der Waals surface area contributed by atoms with Gasteiger partial charge in [-0.2, -0.15) is 0 Å². The first-order valence-electron chi connectivity index (χ1n) is 6.32. The highest BCUT2D eigenvalue weighted by atomic mass is 16.1. The van der Waals surface area contributed by atoms with E-state index in [4.69, 9.17) is 0 Å². The summed E-state index contributed by atoms with van der Waals surface area (Å²) in [6.07, 6.45) is 0.564. The molecule has 0 spiro atoms. The molecular formula is C17H18O. The van der Waals surface area contributed by atoms with Gasteiger partial charge in [0, 0.05) is 12.0 Å². The molecule has 0 saturated heterocycles. The van der Waals surface area contributed by atoms with Gasteiger partial charge >= 0.3 is 0 Å². The van der Waals surface area contributed by atoms with Gasteiger partial charge in [-0.15, -0.1) is 0 Å². The lowest BCUT2D eigenvalue weighted by Gasteiger charge is -2.12. The van der Waals surface area contributed by atoms with Crippen LogP contribution < -0.4 is 0 Å². The monoisotopic (exact) mass is 238 g/mol. The van der Waals surface area contributed by atoms with Crippen LogP contribution in [0.4, 0.5) is 0 Å². The molecule has 0 aliphatic carbocycles. The highest BCUT2D eigenvalue weighted by Crippen LogP contribution is 2.21. The summed E-state index contributed by atoms with van der Waals surface area (Å²) in [7, 11) is 0. The third-order valence-electron chi connectivity index (χ3n) is 3.31. The molecule has 0 heterocycles. The number of ketones is 1. The smallest absolute Gasteiger partial charge is 0.163 e. The summed E-state index contributed by atoms with van der Waals surface area (Å²) in [5.41, 5.74) is 3.13. The van der Waals surface area contributed by atoms with Crippen molar-refractivity contribution >= 4 is 5.78 Å². The standard InChI is InChI=1S/C17H18O/c1-13-8-6-7-11-16(13)17(18)12-14(2)15-9-4-3-5-10-15/h3-11,14H,12H2,1-2H3. The summed E-state index contributed by atoms with van der Waals surface area (Å²) in [5, 5.41) is 0. The third-order valence-corrected chi connectivity index (χ3v) is 3.31. The molecule has 0 N–H and O–H groups in total. The van der Waals surface area contributed by atoms with E-state index in [1.54, 1.807) is 0 Å². The van der Waals surface area contributed by atoms with Crippen molar-refractivity contribution in [3.8, 4) is 0 Å². The third kappa shape index (κ3) is 2.86. The fourth-order valence-corrected chi connectivity index (χ4v) is 2.17. The van der Waals surface area contributed by atoms with Crippen LogP contribution in [-0.4, -0.2) is 5.78 Å². The normalized spacial score (nSPS) is 12.1. The van der Waals surface area contributed by atoms with E-state index < -0.39 is 0 Å². The van der Waals surface area contributed by atoms with Crippen LogP contribution in [0.5, 0.6) is 0 Å². The minimum Gasteiger partial charge on any atom is -0.294 e. The second-order valence-corrected chi connectivity index (χ2v) is 4.75. The molecule has 1 heteroatoms. The lowest BCUT2D eigenvalue weighted by Crippen LogP contribution is -2.06. The quantitative estimate of drug-likeness (QED) is 0.723. The lowest BCUT2D eigenvalue weighted by molar-refractivity contribution is 0.0975. The molecule has 1 atom stereocenters. The first kappa shape index (κ1) is 12.6. The molecule has 2 aromatic rings. The summed E-state index contributed by atoms with van der Waals surface area (Å²) in [6, 6.07) is 18.0. The van der Waals surface area contributed by atoms with E-state index in [2.05, 4.69) is 19.1 Å². The van der Waals surface area contributed by atoms with Crippen LogP contribution in [0.3, 0.4) is 0 Å². The average Bonchev–Trinajstić information content (AvgIpc) is 2.40. The zero-order chi connectivity index (χ0) is 13.0. The van der Waals surface area contributed by atoms with Crippen LogP contribution in [-0.2, 0) is 0 Å². The maximum Gasteiger partial charge on any atom is 0.163 e. The Labute approximate surface area is 108 Å². The van der Waals surface area contributed by atoms with Gasteiger partial charge in [-0.25, -0.2) is 0 Å². The number of rotatable bonds is 4.